The lowest BCUT2D eigenvalue weighted by Gasteiger charge is -2.43. The van der Waals surface area contributed by atoms with Crippen molar-refractivity contribution < 1.29 is 23.4 Å². The first-order valence-corrected chi connectivity index (χ1v) is 13.1. The molecule has 3 atom stereocenters. The molecule has 0 unspecified atom stereocenters. The molecule has 0 fully saturated rings. The van der Waals surface area contributed by atoms with Crippen molar-refractivity contribution in [2.24, 2.45) is 0 Å². The summed E-state index contributed by atoms with van der Waals surface area (Å²) in [6, 6.07) is 10.1. The van der Waals surface area contributed by atoms with Gasteiger partial charge in [0.2, 0.25) is 0 Å². The second kappa shape index (κ2) is 8.86. The fraction of sp³-hybridized carbons (Fsp3) is 0.522. The quantitative estimate of drug-likeness (QED) is 0.474. The normalized spacial score (nSPS) is 24.8. The molecule has 2 aliphatic rings. The van der Waals surface area contributed by atoms with Gasteiger partial charge in [-0.3, -0.25) is 0 Å². The van der Waals surface area contributed by atoms with Crippen LogP contribution in [0.15, 0.2) is 54.3 Å². The number of benzene rings is 1. The Morgan fingerprint density at radius 3 is 2.52 bits per heavy atom. The summed E-state index contributed by atoms with van der Waals surface area (Å²) in [4.78, 5) is 11.9. The molecule has 0 N–H and O–H groups in total. The zero-order chi connectivity index (χ0) is 21.1. The standard InChI is InChI=1S/C23H32O5Si/c1-23(2,3)29(4,5)28-19-12-14-25-20(15-18-11-13-26-22(18)24)21(19)27-16-17-9-7-6-8-10-17/h6-12,14,19-21H,13,15-16H2,1-5H3/t19-,20-,21+/m1/s1. The van der Waals surface area contributed by atoms with Gasteiger partial charge in [-0.05, 0) is 35.8 Å². The Morgan fingerprint density at radius 2 is 1.90 bits per heavy atom. The monoisotopic (exact) mass is 416 g/mol. The highest BCUT2D eigenvalue weighted by atomic mass is 28.4. The second-order valence-corrected chi connectivity index (χ2v) is 13.9. The van der Waals surface area contributed by atoms with E-state index in [1.165, 1.54) is 0 Å². The van der Waals surface area contributed by atoms with Crippen LogP contribution in [-0.4, -0.2) is 39.2 Å². The smallest absolute Gasteiger partial charge is 0.334 e. The largest absolute Gasteiger partial charge is 0.495 e. The van der Waals surface area contributed by atoms with Crippen LogP contribution in [0.1, 0.15) is 32.8 Å². The fourth-order valence-corrected chi connectivity index (χ4v) is 4.40. The lowest BCUT2D eigenvalue weighted by atomic mass is 9.98. The molecule has 0 bridgehead atoms. The van der Waals surface area contributed by atoms with Crippen LogP contribution in [0, 0.1) is 0 Å². The summed E-state index contributed by atoms with van der Waals surface area (Å²) in [6.07, 6.45) is 5.04. The van der Waals surface area contributed by atoms with Crippen molar-refractivity contribution in [1.29, 1.82) is 0 Å². The van der Waals surface area contributed by atoms with Gasteiger partial charge >= 0.3 is 5.97 Å². The Bertz CT molecular complexity index is 763. The van der Waals surface area contributed by atoms with Crippen LogP contribution < -0.4 is 0 Å². The molecule has 1 aromatic rings. The number of cyclic esters (lactones) is 1. The van der Waals surface area contributed by atoms with E-state index in [0.717, 1.165) is 5.56 Å². The summed E-state index contributed by atoms with van der Waals surface area (Å²) >= 11 is 0. The van der Waals surface area contributed by atoms with Gasteiger partial charge in [-0.25, -0.2) is 4.79 Å². The summed E-state index contributed by atoms with van der Waals surface area (Å²) in [7, 11) is -2.02. The van der Waals surface area contributed by atoms with E-state index in [2.05, 4.69) is 33.9 Å². The van der Waals surface area contributed by atoms with Crippen molar-refractivity contribution >= 4 is 14.3 Å². The van der Waals surface area contributed by atoms with Crippen molar-refractivity contribution in [3.8, 4) is 0 Å². The predicted molar refractivity (Wildman–Crippen MR) is 115 cm³/mol. The molecule has 1 aromatic carbocycles. The van der Waals surface area contributed by atoms with E-state index in [-0.39, 0.29) is 29.3 Å². The van der Waals surface area contributed by atoms with E-state index in [0.29, 0.717) is 25.2 Å². The minimum absolute atomic E-state index is 0.0798. The number of esters is 1. The van der Waals surface area contributed by atoms with Crippen molar-refractivity contribution in [1.82, 2.24) is 0 Å². The Morgan fingerprint density at radius 1 is 1.17 bits per heavy atom. The van der Waals surface area contributed by atoms with Crippen LogP contribution in [0.5, 0.6) is 0 Å². The molecular formula is C23H32O5Si. The summed E-state index contributed by atoms with van der Waals surface area (Å²) in [5.41, 5.74) is 1.73. The summed E-state index contributed by atoms with van der Waals surface area (Å²) in [6.45, 7) is 11.9. The number of carbonyl (C=O) groups excluding carboxylic acids is 1. The second-order valence-electron chi connectivity index (χ2n) is 9.14. The van der Waals surface area contributed by atoms with E-state index >= 15 is 0 Å². The Hall–Kier alpha value is -1.89. The maximum absolute atomic E-state index is 11.9. The maximum atomic E-state index is 11.9. The zero-order valence-corrected chi connectivity index (χ0v) is 19.0. The van der Waals surface area contributed by atoms with Crippen molar-refractivity contribution in [2.75, 3.05) is 6.61 Å². The lowest BCUT2D eigenvalue weighted by Crippen LogP contribution is -2.51. The first kappa shape index (κ1) is 21.8. The Balaban J connectivity index is 1.79. The molecule has 6 heteroatoms. The molecule has 2 aliphatic heterocycles. The molecule has 0 amide bonds. The summed E-state index contributed by atoms with van der Waals surface area (Å²) < 4.78 is 24.0. The third kappa shape index (κ3) is 5.38. The first-order chi connectivity index (χ1) is 13.7. The van der Waals surface area contributed by atoms with E-state index in [4.69, 9.17) is 18.6 Å². The molecule has 5 nitrogen and oxygen atoms in total. The Labute approximate surface area is 174 Å². The van der Waals surface area contributed by atoms with Crippen molar-refractivity contribution in [2.45, 2.75) is 70.2 Å². The van der Waals surface area contributed by atoms with Crippen LogP contribution in [0.25, 0.3) is 0 Å². The van der Waals surface area contributed by atoms with Crippen LogP contribution in [0.2, 0.25) is 18.1 Å². The van der Waals surface area contributed by atoms with Crippen LogP contribution >= 0.6 is 0 Å². The molecule has 0 saturated heterocycles. The number of ether oxygens (including phenoxy) is 3. The van der Waals surface area contributed by atoms with E-state index in [9.17, 15) is 4.79 Å². The van der Waals surface area contributed by atoms with Crippen molar-refractivity contribution in [3.63, 3.8) is 0 Å². The average Bonchev–Trinajstić information content (AvgIpc) is 3.05. The first-order valence-electron chi connectivity index (χ1n) is 10.2. The predicted octanol–water partition coefficient (Wildman–Crippen LogP) is 4.75. The topological polar surface area (TPSA) is 54.0 Å². The summed E-state index contributed by atoms with van der Waals surface area (Å²) in [5.74, 6) is -0.271. The third-order valence-electron chi connectivity index (χ3n) is 5.96. The van der Waals surface area contributed by atoms with Gasteiger partial charge in [0.1, 0.15) is 18.8 Å². The minimum Gasteiger partial charge on any atom is -0.495 e. The van der Waals surface area contributed by atoms with Crippen LogP contribution in [-0.2, 0) is 30.0 Å². The SMILES string of the molecule is CC(C)(C)[Si](C)(C)O[C@@H]1C=CO[C@H](CC2=CCOC2=O)[C@H]1OCc1ccccc1. The van der Waals surface area contributed by atoms with Gasteiger partial charge in [0.05, 0.1) is 19.0 Å². The number of rotatable bonds is 7. The highest BCUT2D eigenvalue weighted by molar-refractivity contribution is 6.74. The number of hydrogen-bond acceptors (Lipinski definition) is 5. The molecule has 3 rings (SSSR count). The van der Waals surface area contributed by atoms with Gasteiger partial charge in [-0.1, -0.05) is 51.1 Å². The molecule has 0 aromatic heterocycles. The van der Waals surface area contributed by atoms with E-state index in [1.807, 2.05) is 42.5 Å². The molecule has 2 heterocycles. The Kier molecular flexibility index (Phi) is 6.66. The van der Waals surface area contributed by atoms with Gasteiger partial charge in [0.25, 0.3) is 0 Å². The minimum atomic E-state index is -2.02. The third-order valence-corrected chi connectivity index (χ3v) is 10.4. The molecule has 0 spiro atoms. The molecule has 0 radical (unpaired) electrons. The molecule has 0 saturated carbocycles. The highest BCUT2D eigenvalue weighted by Gasteiger charge is 2.44. The van der Waals surface area contributed by atoms with Gasteiger partial charge in [-0.15, -0.1) is 0 Å². The van der Waals surface area contributed by atoms with E-state index in [1.54, 1.807) is 6.26 Å². The van der Waals surface area contributed by atoms with Gasteiger partial charge in [0.15, 0.2) is 8.32 Å². The van der Waals surface area contributed by atoms with Gasteiger partial charge in [0, 0.05) is 12.0 Å². The number of hydrogen-bond donors (Lipinski definition) is 0. The van der Waals surface area contributed by atoms with E-state index < -0.39 is 8.32 Å². The van der Waals surface area contributed by atoms with Crippen LogP contribution in [0.3, 0.4) is 0 Å². The number of carbonyl (C=O) groups is 1. The average molecular weight is 417 g/mol. The molecule has 158 valence electrons. The maximum Gasteiger partial charge on any atom is 0.334 e. The molecule has 0 aliphatic carbocycles. The molecular weight excluding hydrogens is 384 g/mol. The van der Waals surface area contributed by atoms with Crippen molar-refractivity contribution in [3.05, 3.63) is 59.9 Å². The molecule has 29 heavy (non-hydrogen) atoms. The summed E-state index contributed by atoms with van der Waals surface area (Å²) in [5, 5.41) is 0.0798. The fourth-order valence-electron chi connectivity index (χ4n) is 3.16. The zero-order valence-electron chi connectivity index (χ0n) is 18.0. The van der Waals surface area contributed by atoms with Gasteiger partial charge < -0.3 is 18.6 Å². The van der Waals surface area contributed by atoms with Crippen LogP contribution in [0.4, 0.5) is 0 Å². The van der Waals surface area contributed by atoms with Gasteiger partial charge in [-0.2, -0.15) is 0 Å². The lowest BCUT2D eigenvalue weighted by molar-refractivity contribution is -0.137. The highest BCUT2D eigenvalue weighted by Crippen LogP contribution is 2.39.